The molecule has 0 radical (unpaired) electrons. The number of hydrogen-bond donors (Lipinski definition) is 2. The fourth-order valence-corrected chi connectivity index (χ4v) is 2.39. The Morgan fingerprint density at radius 2 is 1.86 bits per heavy atom. The van der Waals surface area contributed by atoms with Crippen LogP contribution in [0.2, 0.25) is 0 Å². The average Bonchev–Trinajstić information content (AvgIpc) is 2.45. The van der Waals surface area contributed by atoms with E-state index in [1.807, 2.05) is 0 Å². The maximum atomic E-state index is 13.1. The summed E-state index contributed by atoms with van der Waals surface area (Å²) in [4.78, 5) is 39.1. The Morgan fingerprint density at radius 1 is 1.19 bits per heavy atom. The second-order valence-electron chi connectivity index (χ2n) is 4.82. The van der Waals surface area contributed by atoms with E-state index in [-0.39, 0.29) is 25.1 Å². The zero-order chi connectivity index (χ0) is 15.6. The van der Waals surface area contributed by atoms with Gasteiger partial charge < -0.3 is 15.1 Å². The third-order valence-corrected chi connectivity index (χ3v) is 3.49. The SMILES string of the molecule is O=C(O)C1CCN(C(=O)c2cncc(F)c2)CC1C(=O)O. The molecule has 7 nitrogen and oxygen atoms in total. The number of amides is 1. The standard InChI is InChI=1S/C13H13FN2O5/c14-8-3-7(4-15-5-8)11(17)16-2-1-9(12(18)19)10(6-16)13(20)21/h3-5,9-10H,1-2,6H2,(H,18,19)(H,20,21). The molecular weight excluding hydrogens is 283 g/mol. The van der Waals surface area contributed by atoms with Gasteiger partial charge in [-0.15, -0.1) is 0 Å². The quantitative estimate of drug-likeness (QED) is 0.839. The summed E-state index contributed by atoms with van der Waals surface area (Å²) in [5.41, 5.74) is 0.00733. The van der Waals surface area contributed by atoms with Gasteiger partial charge in [0, 0.05) is 19.3 Å². The van der Waals surface area contributed by atoms with Gasteiger partial charge in [0.15, 0.2) is 0 Å². The number of hydrogen-bond acceptors (Lipinski definition) is 4. The Kier molecular flexibility index (Phi) is 4.15. The first-order valence-corrected chi connectivity index (χ1v) is 6.25. The van der Waals surface area contributed by atoms with Crippen LogP contribution < -0.4 is 0 Å². The molecule has 21 heavy (non-hydrogen) atoms. The highest BCUT2D eigenvalue weighted by atomic mass is 19.1. The monoisotopic (exact) mass is 296 g/mol. The molecule has 0 bridgehead atoms. The molecule has 0 spiro atoms. The molecule has 0 aliphatic carbocycles. The summed E-state index contributed by atoms with van der Waals surface area (Å²) in [7, 11) is 0. The smallest absolute Gasteiger partial charge is 0.309 e. The van der Waals surface area contributed by atoms with E-state index in [4.69, 9.17) is 10.2 Å². The Morgan fingerprint density at radius 3 is 2.43 bits per heavy atom. The van der Waals surface area contributed by atoms with E-state index in [9.17, 15) is 18.8 Å². The van der Waals surface area contributed by atoms with Crippen molar-refractivity contribution in [3.8, 4) is 0 Å². The summed E-state index contributed by atoms with van der Waals surface area (Å²) >= 11 is 0. The average molecular weight is 296 g/mol. The summed E-state index contributed by atoms with van der Waals surface area (Å²) in [6.45, 7) is -0.113. The molecule has 112 valence electrons. The number of aliphatic carboxylic acids is 2. The van der Waals surface area contributed by atoms with Gasteiger partial charge >= 0.3 is 11.9 Å². The van der Waals surface area contributed by atoms with Gasteiger partial charge in [0.25, 0.3) is 5.91 Å². The summed E-state index contributed by atoms with van der Waals surface area (Å²) in [5, 5.41) is 18.1. The zero-order valence-corrected chi connectivity index (χ0v) is 10.9. The van der Waals surface area contributed by atoms with E-state index in [0.717, 1.165) is 12.3 Å². The van der Waals surface area contributed by atoms with Crippen molar-refractivity contribution in [2.45, 2.75) is 6.42 Å². The number of carboxylic acids is 2. The number of carbonyl (C=O) groups excluding carboxylic acids is 1. The number of aromatic nitrogens is 1. The second-order valence-corrected chi connectivity index (χ2v) is 4.82. The van der Waals surface area contributed by atoms with Crippen LogP contribution in [0.3, 0.4) is 0 Å². The summed E-state index contributed by atoms with van der Waals surface area (Å²) in [6, 6.07) is 1.01. The van der Waals surface area contributed by atoms with E-state index >= 15 is 0 Å². The van der Waals surface area contributed by atoms with Crippen molar-refractivity contribution >= 4 is 17.8 Å². The number of halogens is 1. The van der Waals surface area contributed by atoms with Crippen LogP contribution in [0.4, 0.5) is 4.39 Å². The lowest BCUT2D eigenvalue weighted by Crippen LogP contribution is -2.48. The molecule has 1 aliphatic heterocycles. The van der Waals surface area contributed by atoms with Crippen molar-refractivity contribution in [2.75, 3.05) is 13.1 Å². The van der Waals surface area contributed by atoms with Gasteiger partial charge in [0.1, 0.15) is 5.82 Å². The first-order valence-electron chi connectivity index (χ1n) is 6.25. The molecule has 1 saturated heterocycles. The molecule has 2 unspecified atom stereocenters. The predicted octanol–water partition coefficient (Wildman–Crippen LogP) is 0.468. The maximum Gasteiger partial charge on any atom is 0.309 e. The number of piperidine rings is 1. The summed E-state index contributed by atoms with van der Waals surface area (Å²) in [5.74, 6) is -5.90. The molecular formula is C13H13FN2O5. The number of rotatable bonds is 3. The van der Waals surface area contributed by atoms with Crippen LogP contribution in [0, 0.1) is 17.7 Å². The van der Waals surface area contributed by atoms with Crippen molar-refractivity contribution in [1.29, 1.82) is 0 Å². The van der Waals surface area contributed by atoms with Crippen LogP contribution in [0.15, 0.2) is 18.5 Å². The minimum Gasteiger partial charge on any atom is -0.481 e. The van der Waals surface area contributed by atoms with E-state index in [2.05, 4.69) is 4.98 Å². The van der Waals surface area contributed by atoms with Gasteiger partial charge in [-0.05, 0) is 12.5 Å². The van der Waals surface area contributed by atoms with E-state index in [1.54, 1.807) is 0 Å². The van der Waals surface area contributed by atoms with Gasteiger partial charge in [-0.1, -0.05) is 0 Å². The van der Waals surface area contributed by atoms with Crippen LogP contribution in [-0.4, -0.2) is 51.0 Å². The van der Waals surface area contributed by atoms with Gasteiger partial charge in [0.05, 0.1) is 23.6 Å². The van der Waals surface area contributed by atoms with Crippen molar-refractivity contribution in [3.05, 3.63) is 29.8 Å². The molecule has 2 N–H and O–H groups in total. The lowest BCUT2D eigenvalue weighted by Gasteiger charge is -2.34. The van der Waals surface area contributed by atoms with Gasteiger partial charge in [-0.25, -0.2) is 4.39 Å². The van der Waals surface area contributed by atoms with E-state index in [0.29, 0.717) is 0 Å². The molecule has 2 rings (SSSR count). The number of nitrogens with zero attached hydrogens (tertiary/aromatic N) is 2. The second kappa shape index (κ2) is 5.86. The number of carbonyl (C=O) groups is 3. The van der Waals surface area contributed by atoms with Crippen LogP contribution >= 0.6 is 0 Å². The highest BCUT2D eigenvalue weighted by molar-refractivity contribution is 5.94. The third kappa shape index (κ3) is 3.15. The highest BCUT2D eigenvalue weighted by Crippen LogP contribution is 2.25. The first kappa shape index (κ1) is 14.9. The lowest BCUT2D eigenvalue weighted by atomic mass is 9.85. The van der Waals surface area contributed by atoms with Crippen LogP contribution in [0.1, 0.15) is 16.8 Å². The van der Waals surface area contributed by atoms with Gasteiger partial charge in [-0.3, -0.25) is 19.4 Å². The highest BCUT2D eigenvalue weighted by Gasteiger charge is 2.40. The van der Waals surface area contributed by atoms with Crippen LogP contribution in [0.5, 0.6) is 0 Å². The molecule has 0 aromatic carbocycles. The predicted molar refractivity (Wildman–Crippen MR) is 67.0 cm³/mol. The Balaban J connectivity index is 2.17. The van der Waals surface area contributed by atoms with Crippen LogP contribution in [-0.2, 0) is 9.59 Å². The van der Waals surface area contributed by atoms with Crippen molar-refractivity contribution in [2.24, 2.45) is 11.8 Å². The fraction of sp³-hybridized carbons (Fsp3) is 0.385. The lowest BCUT2D eigenvalue weighted by molar-refractivity contribution is -0.156. The Labute approximate surface area is 119 Å². The van der Waals surface area contributed by atoms with Crippen LogP contribution in [0.25, 0.3) is 0 Å². The largest absolute Gasteiger partial charge is 0.481 e. The van der Waals surface area contributed by atoms with Crippen molar-refractivity contribution in [3.63, 3.8) is 0 Å². The normalized spacial score (nSPS) is 21.9. The van der Waals surface area contributed by atoms with E-state index < -0.39 is 35.5 Å². The summed E-state index contributed by atoms with van der Waals surface area (Å²) in [6.07, 6.45) is 2.18. The number of likely N-dealkylation sites (tertiary alicyclic amines) is 1. The Hall–Kier alpha value is -2.51. The minimum atomic E-state index is -1.27. The topological polar surface area (TPSA) is 108 Å². The van der Waals surface area contributed by atoms with Crippen molar-refractivity contribution < 1.29 is 29.0 Å². The first-order chi connectivity index (χ1) is 9.90. The molecule has 0 saturated carbocycles. The van der Waals surface area contributed by atoms with Gasteiger partial charge in [0.2, 0.25) is 0 Å². The fourth-order valence-electron chi connectivity index (χ4n) is 2.39. The molecule has 1 aromatic rings. The third-order valence-electron chi connectivity index (χ3n) is 3.49. The molecule has 1 amide bonds. The molecule has 1 aliphatic rings. The minimum absolute atomic E-state index is 0.00733. The number of pyridine rings is 1. The molecule has 1 fully saturated rings. The Bertz CT molecular complexity index is 592. The molecule has 1 aromatic heterocycles. The summed E-state index contributed by atoms with van der Waals surface area (Å²) < 4.78 is 13.1. The van der Waals surface area contributed by atoms with Crippen molar-refractivity contribution in [1.82, 2.24) is 9.88 Å². The zero-order valence-electron chi connectivity index (χ0n) is 10.9. The van der Waals surface area contributed by atoms with E-state index in [1.165, 1.54) is 11.1 Å². The molecule has 2 heterocycles. The molecule has 2 atom stereocenters. The molecule has 8 heteroatoms. The number of carboxylic acid groups (broad SMARTS) is 2. The van der Waals surface area contributed by atoms with Gasteiger partial charge in [-0.2, -0.15) is 0 Å². The maximum absolute atomic E-state index is 13.1.